The van der Waals surface area contributed by atoms with E-state index in [9.17, 15) is 14.3 Å². The smallest absolute Gasteiger partial charge is 0.457 e. The minimum absolute atomic E-state index is 0.0920. The number of carbonyl (C=O) groups excluding carboxylic acids is 1. The first-order valence-electron chi connectivity index (χ1n) is 20.4. The van der Waals surface area contributed by atoms with E-state index in [0.717, 1.165) is 96.3 Å². The Morgan fingerprint density at radius 2 is 1.08 bits per heavy atom. The van der Waals surface area contributed by atoms with Crippen LogP contribution >= 0.6 is 7.82 Å². The van der Waals surface area contributed by atoms with Gasteiger partial charge in [0.05, 0.1) is 19.8 Å². The van der Waals surface area contributed by atoms with Crippen LogP contribution < -0.4 is 5.73 Å². The highest BCUT2D eigenvalue weighted by molar-refractivity contribution is 7.47. The minimum Gasteiger partial charge on any atom is -0.457 e. The number of phosphoric acid groups is 1. The lowest BCUT2D eigenvalue weighted by Gasteiger charge is -2.20. The average Bonchev–Trinajstić information content (AvgIpc) is 3.13. The fraction of sp³-hybridized carbons (Fsp3) is 0.698. The monoisotopic (exact) mass is 750 g/mol. The third-order valence-electron chi connectivity index (χ3n) is 8.09. The molecule has 2 unspecified atom stereocenters. The van der Waals surface area contributed by atoms with E-state index in [0.29, 0.717) is 13.0 Å². The highest BCUT2D eigenvalue weighted by Gasteiger charge is 2.25. The molecule has 52 heavy (non-hydrogen) atoms. The molecule has 0 radical (unpaired) electrons. The van der Waals surface area contributed by atoms with Gasteiger partial charge in [-0.25, -0.2) is 4.57 Å². The summed E-state index contributed by atoms with van der Waals surface area (Å²) in [7, 11) is -4.29. The topological polar surface area (TPSA) is 117 Å². The fourth-order valence-electron chi connectivity index (χ4n) is 5.14. The molecule has 9 heteroatoms. The van der Waals surface area contributed by atoms with Gasteiger partial charge in [-0.05, 0) is 77.0 Å². The van der Waals surface area contributed by atoms with Gasteiger partial charge in [-0.2, -0.15) is 0 Å². The Hall–Kier alpha value is -2.06. The van der Waals surface area contributed by atoms with Gasteiger partial charge in [0.25, 0.3) is 0 Å². The lowest BCUT2D eigenvalue weighted by atomic mass is 10.1. The molecular formula is C43H76NO7P. The lowest BCUT2D eigenvalue weighted by molar-refractivity contribution is -0.154. The largest absolute Gasteiger partial charge is 0.472 e. The zero-order valence-corrected chi connectivity index (χ0v) is 33.9. The quantitative estimate of drug-likeness (QED) is 0.0277. The van der Waals surface area contributed by atoms with Crippen molar-refractivity contribution in [1.29, 1.82) is 0 Å². The van der Waals surface area contributed by atoms with Crippen molar-refractivity contribution in [1.82, 2.24) is 0 Å². The molecule has 0 aliphatic heterocycles. The van der Waals surface area contributed by atoms with Crippen LogP contribution in [0.15, 0.2) is 72.9 Å². The Morgan fingerprint density at radius 1 is 0.596 bits per heavy atom. The number of hydrogen-bond donors (Lipinski definition) is 2. The number of allylic oxidation sites excluding steroid dienone is 12. The molecule has 0 aromatic rings. The van der Waals surface area contributed by atoms with Crippen LogP contribution in [0, 0.1) is 0 Å². The molecule has 0 aromatic heterocycles. The fourth-order valence-corrected chi connectivity index (χ4v) is 5.91. The summed E-state index contributed by atoms with van der Waals surface area (Å²) in [4.78, 5) is 22.4. The Kier molecular flexibility index (Phi) is 38.5. The normalized spacial score (nSPS) is 14.3. The Labute approximate surface area is 318 Å². The lowest BCUT2D eigenvalue weighted by Crippen LogP contribution is -2.28. The number of nitrogens with two attached hydrogens (primary N) is 1. The molecule has 2 atom stereocenters. The molecule has 300 valence electrons. The number of esters is 1. The van der Waals surface area contributed by atoms with E-state index in [1.54, 1.807) is 0 Å². The van der Waals surface area contributed by atoms with Crippen molar-refractivity contribution in [3.8, 4) is 0 Å². The Balaban J connectivity index is 4.12. The van der Waals surface area contributed by atoms with Crippen LogP contribution in [0.25, 0.3) is 0 Å². The predicted molar refractivity (Wildman–Crippen MR) is 219 cm³/mol. The zero-order chi connectivity index (χ0) is 38.1. The van der Waals surface area contributed by atoms with E-state index in [1.807, 2.05) is 0 Å². The standard InChI is InChI=1S/C43H76NO7P/c1-3-5-7-9-11-13-15-17-19-20-21-22-23-24-26-28-30-32-34-36-43(45)51-42(41-50-52(46,47)49-39-37-44)40-48-38-35-33-31-29-27-25-18-16-14-12-10-8-6-4-2/h5,7-8,10-11,13-14,16-17,19,21-22,42H,3-4,6,9,12,15,18,20,23-41,44H2,1-2H3,(H,46,47)/b7-5-,10-8-,13-11-,16-14-,19-17-,22-21-. The molecule has 0 spiro atoms. The molecule has 0 amide bonds. The van der Waals surface area contributed by atoms with E-state index >= 15 is 0 Å². The van der Waals surface area contributed by atoms with E-state index in [-0.39, 0.29) is 32.3 Å². The first-order chi connectivity index (χ1) is 25.4. The van der Waals surface area contributed by atoms with Gasteiger partial charge in [-0.15, -0.1) is 0 Å². The summed E-state index contributed by atoms with van der Waals surface area (Å²) in [6, 6.07) is 0. The van der Waals surface area contributed by atoms with Crippen LogP contribution in [0.1, 0.15) is 155 Å². The molecule has 0 rings (SSSR count). The molecule has 0 bridgehead atoms. The molecule has 0 aliphatic carbocycles. The maximum atomic E-state index is 12.6. The van der Waals surface area contributed by atoms with Crippen LogP contribution in [-0.2, 0) is 27.9 Å². The second-order valence-electron chi connectivity index (χ2n) is 13.1. The van der Waals surface area contributed by atoms with Gasteiger partial charge >= 0.3 is 13.8 Å². The van der Waals surface area contributed by atoms with Crippen LogP contribution in [0.5, 0.6) is 0 Å². The van der Waals surface area contributed by atoms with E-state index in [2.05, 4.69) is 86.8 Å². The van der Waals surface area contributed by atoms with Crippen molar-refractivity contribution >= 4 is 13.8 Å². The number of unbranched alkanes of at least 4 members (excludes halogenated alkanes) is 13. The van der Waals surface area contributed by atoms with Crippen LogP contribution in [0.3, 0.4) is 0 Å². The third kappa shape index (κ3) is 39.2. The third-order valence-corrected chi connectivity index (χ3v) is 9.07. The van der Waals surface area contributed by atoms with Crippen molar-refractivity contribution in [3.05, 3.63) is 72.9 Å². The summed E-state index contributed by atoms with van der Waals surface area (Å²) in [5.74, 6) is -0.352. The highest BCUT2D eigenvalue weighted by atomic mass is 31.2. The van der Waals surface area contributed by atoms with Gasteiger partial charge < -0.3 is 20.1 Å². The number of hydrogen-bond acceptors (Lipinski definition) is 7. The molecule has 3 N–H and O–H groups in total. The van der Waals surface area contributed by atoms with Gasteiger partial charge in [0.15, 0.2) is 0 Å². The Bertz CT molecular complexity index is 1020. The molecule has 0 aromatic carbocycles. The summed E-state index contributed by atoms with van der Waals surface area (Å²) >= 11 is 0. The Morgan fingerprint density at radius 3 is 1.62 bits per heavy atom. The molecule has 8 nitrogen and oxygen atoms in total. The number of rotatable bonds is 38. The maximum absolute atomic E-state index is 12.6. The second-order valence-corrected chi connectivity index (χ2v) is 14.6. The van der Waals surface area contributed by atoms with Gasteiger partial charge in [-0.3, -0.25) is 13.8 Å². The maximum Gasteiger partial charge on any atom is 0.472 e. The highest BCUT2D eigenvalue weighted by Crippen LogP contribution is 2.43. The second kappa shape index (κ2) is 40.1. The number of ether oxygens (including phenoxy) is 2. The zero-order valence-electron chi connectivity index (χ0n) is 33.0. The van der Waals surface area contributed by atoms with Crippen molar-refractivity contribution in [3.63, 3.8) is 0 Å². The van der Waals surface area contributed by atoms with Crippen molar-refractivity contribution < 1.29 is 32.8 Å². The number of carbonyl (C=O) groups is 1. The molecule has 0 aliphatic rings. The van der Waals surface area contributed by atoms with Gasteiger partial charge in [0.2, 0.25) is 0 Å². The van der Waals surface area contributed by atoms with Gasteiger partial charge in [-0.1, -0.05) is 145 Å². The summed E-state index contributed by atoms with van der Waals surface area (Å²) in [5, 5.41) is 0. The molecular weight excluding hydrogens is 673 g/mol. The summed E-state index contributed by atoms with van der Waals surface area (Å²) in [5.41, 5.74) is 5.36. The summed E-state index contributed by atoms with van der Waals surface area (Å²) in [6.45, 7) is 4.68. The SMILES string of the molecule is CC/C=C\C/C=C\C/C=C\C/C=C\CCCCCCCCC(=O)OC(COCCCCCCCC/C=C\C/C=C\CCC)COP(=O)(O)OCCN. The average molecular weight is 750 g/mol. The minimum atomic E-state index is -4.29. The van der Waals surface area contributed by atoms with E-state index in [4.69, 9.17) is 24.3 Å². The van der Waals surface area contributed by atoms with Crippen molar-refractivity contribution in [2.75, 3.05) is 33.0 Å². The van der Waals surface area contributed by atoms with Crippen molar-refractivity contribution in [2.24, 2.45) is 5.73 Å². The first kappa shape index (κ1) is 49.9. The summed E-state index contributed by atoms with van der Waals surface area (Å²) < 4.78 is 33.3. The first-order valence-corrected chi connectivity index (χ1v) is 21.9. The van der Waals surface area contributed by atoms with Crippen LogP contribution in [0.4, 0.5) is 0 Å². The van der Waals surface area contributed by atoms with E-state index < -0.39 is 13.9 Å². The van der Waals surface area contributed by atoms with Crippen LogP contribution in [-0.4, -0.2) is 49.9 Å². The van der Waals surface area contributed by atoms with Gasteiger partial charge in [0, 0.05) is 19.6 Å². The number of phosphoric ester groups is 1. The van der Waals surface area contributed by atoms with E-state index in [1.165, 1.54) is 38.5 Å². The molecule has 0 saturated carbocycles. The van der Waals surface area contributed by atoms with Gasteiger partial charge in [0.1, 0.15) is 6.10 Å². The molecule has 0 heterocycles. The van der Waals surface area contributed by atoms with Crippen LogP contribution in [0.2, 0.25) is 0 Å². The van der Waals surface area contributed by atoms with Crippen molar-refractivity contribution in [2.45, 2.75) is 161 Å². The molecule has 0 saturated heterocycles. The predicted octanol–water partition coefficient (Wildman–Crippen LogP) is 12.0. The molecule has 0 fully saturated rings. The summed E-state index contributed by atoms with van der Waals surface area (Å²) in [6.07, 6.45) is 49.1.